The Labute approximate surface area is 141 Å². The number of carboxylic acid groups (broad SMARTS) is 1. The van der Waals surface area contributed by atoms with Gasteiger partial charge in [0.1, 0.15) is 0 Å². The van der Waals surface area contributed by atoms with Gasteiger partial charge in [-0.05, 0) is 25.7 Å². The highest BCUT2D eigenvalue weighted by atomic mass is 16.5. The number of urea groups is 1. The minimum Gasteiger partial charge on any atom is -0.480 e. The topological polar surface area (TPSA) is 90.4 Å². The lowest BCUT2D eigenvalue weighted by atomic mass is 9.95. The van der Waals surface area contributed by atoms with Crippen molar-refractivity contribution in [3.05, 3.63) is 0 Å². The van der Waals surface area contributed by atoms with Crippen molar-refractivity contribution in [1.82, 2.24) is 14.7 Å². The van der Waals surface area contributed by atoms with E-state index in [1.807, 2.05) is 4.90 Å². The van der Waals surface area contributed by atoms with E-state index in [9.17, 15) is 19.5 Å². The zero-order valence-corrected chi connectivity index (χ0v) is 13.9. The first kappa shape index (κ1) is 17.0. The zero-order chi connectivity index (χ0) is 17.1. The van der Waals surface area contributed by atoms with Gasteiger partial charge in [0.2, 0.25) is 5.91 Å². The third-order valence-electron chi connectivity index (χ3n) is 5.11. The van der Waals surface area contributed by atoms with Crippen LogP contribution in [0.3, 0.4) is 0 Å². The summed E-state index contributed by atoms with van der Waals surface area (Å²) in [5.41, 5.74) is 0. The molecule has 3 saturated heterocycles. The van der Waals surface area contributed by atoms with Gasteiger partial charge in [-0.15, -0.1) is 0 Å². The Balaban J connectivity index is 1.63. The maximum atomic E-state index is 12.8. The molecule has 0 saturated carbocycles. The van der Waals surface area contributed by atoms with E-state index in [4.69, 9.17) is 4.74 Å². The van der Waals surface area contributed by atoms with Crippen LogP contribution in [0.15, 0.2) is 0 Å². The van der Waals surface area contributed by atoms with Crippen LogP contribution in [0.5, 0.6) is 0 Å². The molecule has 1 N–H and O–H groups in total. The van der Waals surface area contributed by atoms with E-state index in [2.05, 4.69) is 0 Å². The molecule has 0 spiro atoms. The number of carboxylic acids is 1. The van der Waals surface area contributed by atoms with Crippen molar-refractivity contribution in [2.45, 2.75) is 31.7 Å². The van der Waals surface area contributed by atoms with Gasteiger partial charge in [-0.1, -0.05) is 0 Å². The van der Waals surface area contributed by atoms with Gasteiger partial charge in [0.15, 0.2) is 6.04 Å². The average molecular weight is 339 g/mol. The van der Waals surface area contributed by atoms with Crippen molar-refractivity contribution in [3.63, 3.8) is 0 Å². The molecule has 0 aliphatic carbocycles. The highest BCUT2D eigenvalue weighted by Crippen LogP contribution is 2.23. The fourth-order valence-electron chi connectivity index (χ4n) is 3.77. The molecule has 0 aromatic heterocycles. The molecule has 3 fully saturated rings. The van der Waals surface area contributed by atoms with Crippen LogP contribution < -0.4 is 0 Å². The summed E-state index contributed by atoms with van der Waals surface area (Å²) in [5, 5.41) is 9.29. The third-order valence-corrected chi connectivity index (χ3v) is 5.11. The van der Waals surface area contributed by atoms with Crippen molar-refractivity contribution < 1.29 is 24.2 Å². The van der Waals surface area contributed by atoms with Crippen molar-refractivity contribution in [2.24, 2.45) is 5.92 Å². The van der Waals surface area contributed by atoms with Crippen LogP contribution in [0.1, 0.15) is 25.7 Å². The summed E-state index contributed by atoms with van der Waals surface area (Å²) in [7, 11) is 0. The first-order valence-corrected chi connectivity index (χ1v) is 8.73. The van der Waals surface area contributed by atoms with Crippen LogP contribution in [-0.4, -0.2) is 89.7 Å². The predicted octanol–water partition coefficient (Wildman–Crippen LogP) is 0.226. The van der Waals surface area contributed by atoms with Crippen molar-refractivity contribution in [2.75, 3.05) is 45.9 Å². The lowest BCUT2D eigenvalue weighted by molar-refractivity contribution is -0.161. The zero-order valence-electron chi connectivity index (χ0n) is 13.9. The summed E-state index contributed by atoms with van der Waals surface area (Å²) in [4.78, 5) is 41.7. The van der Waals surface area contributed by atoms with E-state index in [-0.39, 0.29) is 24.5 Å². The number of piperidine rings is 1. The Bertz CT molecular complexity index is 506. The summed E-state index contributed by atoms with van der Waals surface area (Å²) in [6, 6.07) is -0.905. The largest absolute Gasteiger partial charge is 0.480 e. The molecule has 3 rings (SSSR count). The lowest BCUT2D eigenvalue weighted by Crippen LogP contribution is -2.57. The van der Waals surface area contributed by atoms with E-state index in [0.717, 1.165) is 32.4 Å². The molecule has 24 heavy (non-hydrogen) atoms. The van der Waals surface area contributed by atoms with Gasteiger partial charge in [0.05, 0.1) is 19.1 Å². The number of rotatable bonds is 2. The van der Waals surface area contributed by atoms with E-state index < -0.39 is 12.0 Å². The normalized spacial score (nSPS) is 28.1. The summed E-state index contributed by atoms with van der Waals surface area (Å²) in [6.45, 7) is 3.33. The number of hydrogen-bond acceptors (Lipinski definition) is 4. The molecule has 3 amide bonds. The Kier molecular flexibility index (Phi) is 5.23. The summed E-state index contributed by atoms with van der Waals surface area (Å²) < 4.78 is 5.19. The van der Waals surface area contributed by atoms with Crippen molar-refractivity contribution >= 4 is 17.9 Å². The van der Waals surface area contributed by atoms with Crippen LogP contribution in [0, 0.1) is 5.92 Å². The van der Waals surface area contributed by atoms with Gasteiger partial charge in [0.25, 0.3) is 0 Å². The minimum atomic E-state index is -1.04. The number of likely N-dealkylation sites (tertiary alicyclic amines) is 2. The summed E-state index contributed by atoms with van der Waals surface area (Å²) in [5.74, 6) is -1.52. The van der Waals surface area contributed by atoms with Crippen LogP contribution in [-0.2, 0) is 14.3 Å². The molecule has 8 heteroatoms. The van der Waals surface area contributed by atoms with Gasteiger partial charge in [-0.2, -0.15) is 0 Å². The van der Waals surface area contributed by atoms with Crippen LogP contribution in [0.25, 0.3) is 0 Å². The molecule has 0 aromatic rings. The average Bonchev–Trinajstić information content (AvgIpc) is 3.15. The van der Waals surface area contributed by atoms with Gasteiger partial charge < -0.3 is 24.5 Å². The van der Waals surface area contributed by atoms with E-state index in [1.54, 1.807) is 4.90 Å². The first-order valence-electron chi connectivity index (χ1n) is 8.73. The number of carbonyl (C=O) groups excluding carboxylic acids is 2. The van der Waals surface area contributed by atoms with E-state index >= 15 is 0 Å². The van der Waals surface area contributed by atoms with E-state index in [0.29, 0.717) is 32.7 Å². The minimum absolute atomic E-state index is 0.0155. The lowest BCUT2D eigenvalue weighted by Gasteiger charge is -2.39. The molecule has 0 radical (unpaired) electrons. The number of hydrogen-bond donors (Lipinski definition) is 1. The van der Waals surface area contributed by atoms with Crippen LogP contribution >= 0.6 is 0 Å². The van der Waals surface area contributed by atoms with Crippen molar-refractivity contribution in [3.8, 4) is 0 Å². The molecule has 8 nitrogen and oxygen atoms in total. The second-order valence-corrected chi connectivity index (χ2v) is 6.72. The number of carbonyl (C=O) groups is 3. The maximum absolute atomic E-state index is 12.8. The van der Waals surface area contributed by atoms with Crippen LogP contribution in [0.2, 0.25) is 0 Å². The second kappa shape index (κ2) is 7.38. The molecule has 0 aromatic carbocycles. The number of nitrogens with zero attached hydrogens (tertiary/aromatic N) is 3. The Morgan fingerprint density at radius 2 is 1.67 bits per heavy atom. The second-order valence-electron chi connectivity index (χ2n) is 6.72. The highest BCUT2D eigenvalue weighted by Gasteiger charge is 2.38. The molecule has 2 unspecified atom stereocenters. The standard InChI is InChI=1S/C16H25N3O5/c20-14(19-8-9-24-11-13(19)15(21)22)12-4-3-7-18(10-12)16(23)17-5-1-2-6-17/h12-13H,1-11H2,(H,21,22). The van der Waals surface area contributed by atoms with Gasteiger partial charge in [-0.3, -0.25) is 4.79 Å². The smallest absolute Gasteiger partial charge is 0.328 e. The molecule has 2 atom stereocenters. The third kappa shape index (κ3) is 3.48. The Hall–Kier alpha value is -1.83. The predicted molar refractivity (Wildman–Crippen MR) is 84.5 cm³/mol. The Morgan fingerprint density at radius 3 is 2.38 bits per heavy atom. The van der Waals surface area contributed by atoms with E-state index in [1.165, 1.54) is 4.90 Å². The summed E-state index contributed by atoms with van der Waals surface area (Å²) >= 11 is 0. The number of ether oxygens (including phenoxy) is 1. The fraction of sp³-hybridized carbons (Fsp3) is 0.812. The number of amides is 3. The SMILES string of the molecule is O=C(O)C1COCCN1C(=O)C1CCCN(C(=O)N2CCCC2)C1. The maximum Gasteiger partial charge on any atom is 0.328 e. The highest BCUT2D eigenvalue weighted by molar-refractivity contribution is 5.86. The van der Waals surface area contributed by atoms with Gasteiger partial charge in [-0.25, -0.2) is 9.59 Å². The number of morpholine rings is 1. The molecule has 0 bridgehead atoms. The summed E-state index contributed by atoms with van der Waals surface area (Å²) in [6.07, 6.45) is 3.55. The molecule has 3 heterocycles. The van der Waals surface area contributed by atoms with Gasteiger partial charge >= 0.3 is 12.0 Å². The van der Waals surface area contributed by atoms with Crippen LogP contribution in [0.4, 0.5) is 4.79 Å². The molecular formula is C16H25N3O5. The fourth-order valence-corrected chi connectivity index (χ4v) is 3.77. The van der Waals surface area contributed by atoms with Crippen molar-refractivity contribution in [1.29, 1.82) is 0 Å². The molecule has 3 aliphatic rings. The quantitative estimate of drug-likeness (QED) is 0.777. The van der Waals surface area contributed by atoms with Gasteiger partial charge in [0, 0.05) is 32.7 Å². The molecule has 134 valence electrons. The monoisotopic (exact) mass is 339 g/mol. The molecule has 3 aliphatic heterocycles. The first-order chi connectivity index (χ1) is 11.6. The molecular weight excluding hydrogens is 314 g/mol. The Morgan fingerprint density at radius 1 is 0.958 bits per heavy atom. The number of aliphatic carboxylic acids is 1.